The predicted molar refractivity (Wildman–Crippen MR) is 114 cm³/mol. The summed E-state index contributed by atoms with van der Waals surface area (Å²) in [6.45, 7) is 5.95. The van der Waals surface area contributed by atoms with Crippen molar-refractivity contribution < 1.29 is 14.3 Å². The first-order chi connectivity index (χ1) is 13.5. The molecule has 1 aliphatic rings. The highest BCUT2D eigenvalue weighted by atomic mass is 32.1. The number of benzene rings is 2. The van der Waals surface area contributed by atoms with Crippen LogP contribution in [0.4, 0.5) is 0 Å². The SMILES string of the molecule is CCCC[C@]1(c2ccccc2)[C@@H](OC=S)OC(C)(C)N1C(=O)c1ccccc1. The Balaban J connectivity index is 2.21. The van der Waals surface area contributed by atoms with Gasteiger partial charge < -0.3 is 9.47 Å². The van der Waals surface area contributed by atoms with Crippen molar-refractivity contribution >= 4 is 23.7 Å². The zero-order valence-electron chi connectivity index (χ0n) is 16.6. The van der Waals surface area contributed by atoms with Gasteiger partial charge in [-0.25, -0.2) is 0 Å². The van der Waals surface area contributed by atoms with E-state index in [1.165, 1.54) is 5.55 Å². The van der Waals surface area contributed by atoms with Crippen LogP contribution in [0.1, 0.15) is 56.0 Å². The largest absolute Gasteiger partial charge is 0.458 e. The summed E-state index contributed by atoms with van der Waals surface area (Å²) in [4.78, 5) is 15.6. The molecular weight excluding hydrogens is 370 g/mol. The Bertz CT molecular complexity index is 809. The van der Waals surface area contributed by atoms with Gasteiger partial charge >= 0.3 is 0 Å². The smallest absolute Gasteiger partial charge is 0.257 e. The summed E-state index contributed by atoms with van der Waals surface area (Å²) in [6, 6.07) is 19.3. The van der Waals surface area contributed by atoms with Gasteiger partial charge in [0.2, 0.25) is 6.29 Å². The number of rotatable bonds is 7. The summed E-state index contributed by atoms with van der Waals surface area (Å²) in [5.41, 5.74) is 1.21. The first-order valence-corrected chi connectivity index (χ1v) is 10.2. The van der Waals surface area contributed by atoms with Crippen molar-refractivity contribution in [1.82, 2.24) is 4.90 Å². The fourth-order valence-corrected chi connectivity index (χ4v) is 4.24. The van der Waals surface area contributed by atoms with Gasteiger partial charge in [-0.05, 0) is 50.2 Å². The van der Waals surface area contributed by atoms with Crippen molar-refractivity contribution in [3.63, 3.8) is 0 Å². The topological polar surface area (TPSA) is 38.8 Å². The minimum atomic E-state index is -0.862. The summed E-state index contributed by atoms with van der Waals surface area (Å²) in [6.07, 6.45) is 1.95. The van der Waals surface area contributed by atoms with E-state index >= 15 is 0 Å². The van der Waals surface area contributed by atoms with Crippen LogP contribution in [0.5, 0.6) is 0 Å². The Morgan fingerprint density at radius 2 is 1.75 bits per heavy atom. The molecule has 2 atom stereocenters. The molecule has 2 aromatic carbocycles. The molecule has 3 rings (SSSR count). The number of amides is 1. The van der Waals surface area contributed by atoms with Crippen molar-refractivity contribution in [2.24, 2.45) is 0 Å². The van der Waals surface area contributed by atoms with Crippen molar-refractivity contribution in [2.75, 3.05) is 0 Å². The van der Waals surface area contributed by atoms with Gasteiger partial charge in [-0.3, -0.25) is 9.69 Å². The number of unbranched alkanes of at least 4 members (excludes halogenated alkanes) is 1. The van der Waals surface area contributed by atoms with E-state index in [2.05, 4.69) is 6.92 Å². The van der Waals surface area contributed by atoms with Crippen LogP contribution in [0, 0.1) is 0 Å². The average molecular weight is 398 g/mol. The molecule has 0 saturated carbocycles. The lowest BCUT2D eigenvalue weighted by molar-refractivity contribution is -0.134. The van der Waals surface area contributed by atoms with Gasteiger partial charge in [0, 0.05) is 5.56 Å². The monoisotopic (exact) mass is 397 g/mol. The van der Waals surface area contributed by atoms with E-state index in [4.69, 9.17) is 21.7 Å². The molecular formula is C23H27NO3S. The summed E-state index contributed by atoms with van der Waals surface area (Å²) in [5, 5.41) is 0. The van der Waals surface area contributed by atoms with Gasteiger partial charge in [0.1, 0.15) is 16.8 Å². The van der Waals surface area contributed by atoms with Crippen molar-refractivity contribution in [2.45, 2.75) is 57.6 Å². The zero-order valence-corrected chi connectivity index (χ0v) is 17.4. The quantitative estimate of drug-likeness (QED) is 0.596. The molecule has 0 aliphatic carbocycles. The molecule has 4 nitrogen and oxygen atoms in total. The van der Waals surface area contributed by atoms with E-state index < -0.39 is 17.6 Å². The summed E-state index contributed by atoms with van der Waals surface area (Å²) in [5.74, 6) is -0.0824. The Labute approximate surface area is 172 Å². The third-order valence-corrected chi connectivity index (χ3v) is 5.42. The van der Waals surface area contributed by atoms with E-state index in [-0.39, 0.29) is 5.91 Å². The lowest BCUT2D eigenvalue weighted by Gasteiger charge is -2.43. The fraction of sp³-hybridized carbons (Fsp3) is 0.391. The van der Waals surface area contributed by atoms with Crippen LogP contribution >= 0.6 is 12.2 Å². The van der Waals surface area contributed by atoms with Crippen LogP contribution in [-0.4, -0.2) is 28.4 Å². The molecule has 1 amide bonds. The third kappa shape index (κ3) is 3.56. The molecule has 0 spiro atoms. The number of nitrogens with zero attached hydrogens (tertiary/aromatic N) is 1. The number of carbonyl (C=O) groups excluding carboxylic acids is 1. The summed E-state index contributed by atoms with van der Waals surface area (Å²) in [7, 11) is 0. The maximum atomic E-state index is 13.7. The third-order valence-electron chi connectivity index (χ3n) is 5.31. The second-order valence-corrected chi connectivity index (χ2v) is 7.72. The van der Waals surface area contributed by atoms with Crippen molar-refractivity contribution in [3.05, 3.63) is 71.8 Å². The van der Waals surface area contributed by atoms with E-state index in [0.717, 1.165) is 18.4 Å². The van der Waals surface area contributed by atoms with E-state index in [1.807, 2.05) is 79.4 Å². The molecule has 148 valence electrons. The van der Waals surface area contributed by atoms with Crippen LogP contribution in [-0.2, 0) is 15.0 Å². The Morgan fingerprint density at radius 1 is 1.14 bits per heavy atom. The second-order valence-electron chi connectivity index (χ2n) is 7.53. The van der Waals surface area contributed by atoms with Gasteiger partial charge in [-0.2, -0.15) is 0 Å². The molecule has 2 aromatic rings. The fourth-order valence-electron chi connectivity index (χ4n) is 4.14. The standard InChI is InChI=1S/C23H27NO3S/c1-4-5-16-23(19-14-10-7-11-15-19)21(26-17-28)27-22(2,3)24(23)20(25)18-12-8-6-9-13-18/h6-15,17,21H,4-5,16H2,1-3H3/t21-,23-/m0/s1. The molecule has 5 heteroatoms. The van der Waals surface area contributed by atoms with Gasteiger partial charge in [0.05, 0.1) is 0 Å². The van der Waals surface area contributed by atoms with Crippen LogP contribution in [0.15, 0.2) is 60.7 Å². The molecule has 0 aromatic heterocycles. The van der Waals surface area contributed by atoms with Crippen LogP contribution in [0.25, 0.3) is 0 Å². The normalized spacial score (nSPS) is 23.4. The van der Waals surface area contributed by atoms with Crippen LogP contribution in [0.2, 0.25) is 0 Å². The van der Waals surface area contributed by atoms with E-state index in [9.17, 15) is 4.79 Å². The molecule has 1 saturated heterocycles. The lowest BCUT2D eigenvalue weighted by Crippen LogP contribution is -2.55. The number of hydrogen-bond acceptors (Lipinski definition) is 4. The molecule has 0 unspecified atom stereocenters. The highest BCUT2D eigenvalue weighted by Crippen LogP contribution is 2.50. The molecule has 1 fully saturated rings. The van der Waals surface area contributed by atoms with Crippen LogP contribution < -0.4 is 0 Å². The minimum absolute atomic E-state index is 0.0824. The van der Waals surface area contributed by atoms with Crippen molar-refractivity contribution in [3.8, 4) is 0 Å². The van der Waals surface area contributed by atoms with Gasteiger partial charge in [0.25, 0.3) is 5.91 Å². The average Bonchev–Trinajstić information content (AvgIpc) is 2.94. The Hall–Kier alpha value is -2.24. The molecule has 28 heavy (non-hydrogen) atoms. The highest BCUT2D eigenvalue weighted by molar-refractivity contribution is 7.78. The van der Waals surface area contributed by atoms with Crippen LogP contribution in [0.3, 0.4) is 0 Å². The number of thiocarbonyl (C=S) groups is 1. The number of hydrogen-bond donors (Lipinski definition) is 0. The molecule has 0 N–H and O–H groups in total. The maximum Gasteiger partial charge on any atom is 0.257 e. The molecule has 0 radical (unpaired) electrons. The first kappa shape index (κ1) is 20.5. The van der Waals surface area contributed by atoms with Gasteiger partial charge in [0.15, 0.2) is 0 Å². The molecule has 0 bridgehead atoms. The van der Waals surface area contributed by atoms with Gasteiger partial charge in [-0.1, -0.05) is 68.3 Å². The van der Waals surface area contributed by atoms with E-state index in [0.29, 0.717) is 12.0 Å². The van der Waals surface area contributed by atoms with E-state index in [1.54, 1.807) is 0 Å². The summed E-state index contributed by atoms with van der Waals surface area (Å²) >= 11 is 5.00. The number of carbonyl (C=O) groups is 1. The molecule has 1 heterocycles. The Morgan fingerprint density at radius 3 is 2.32 bits per heavy atom. The molecule has 1 aliphatic heterocycles. The maximum absolute atomic E-state index is 13.7. The van der Waals surface area contributed by atoms with Crippen molar-refractivity contribution in [1.29, 1.82) is 0 Å². The summed E-state index contributed by atoms with van der Waals surface area (Å²) < 4.78 is 12.1. The lowest BCUT2D eigenvalue weighted by atomic mass is 9.82. The first-order valence-electron chi connectivity index (χ1n) is 9.69. The predicted octanol–water partition coefficient (Wildman–Crippen LogP) is 5.28. The zero-order chi connectivity index (χ0) is 20.2. The number of ether oxygens (including phenoxy) is 2. The Kier molecular flexibility index (Phi) is 6.16. The highest BCUT2D eigenvalue weighted by Gasteiger charge is 2.62. The van der Waals surface area contributed by atoms with Gasteiger partial charge in [-0.15, -0.1) is 0 Å². The second kappa shape index (κ2) is 8.41. The minimum Gasteiger partial charge on any atom is -0.458 e.